The first-order chi connectivity index (χ1) is 11.2. The number of alkyl halides is 3. The maximum atomic E-state index is 13.0. The van der Waals surface area contributed by atoms with E-state index in [-0.39, 0.29) is 28.7 Å². The van der Waals surface area contributed by atoms with Gasteiger partial charge in [0.1, 0.15) is 11.4 Å². The summed E-state index contributed by atoms with van der Waals surface area (Å²) in [5.74, 6) is -0.448. The molecule has 0 aliphatic rings. The van der Waals surface area contributed by atoms with E-state index in [9.17, 15) is 18.0 Å². The molecule has 1 heterocycles. The van der Waals surface area contributed by atoms with Gasteiger partial charge in [0.2, 0.25) is 0 Å². The second-order valence-corrected chi connectivity index (χ2v) is 5.45. The zero-order valence-corrected chi connectivity index (χ0v) is 13.4. The van der Waals surface area contributed by atoms with E-state index in [4.69, 9.17) is 4.74 Å². The predicted octanol–water partition coefficient (Wildman–Crippen LogP) is 4.72. The molecule has 2 rings (SSSR count). The normalized spacial score (nSPS) is 11.5. The van der Waals surface area contributed by atoms with E-state index < -0.39 is 17.7 Å². The number of anilines is 2. The number of hydrogen-bond acceptors (Lipinski definition) is 4. The van der Waals surface area contributed by atoms with Gasteiger partial charge in [0, 0.05) is 11.9 Å². The number of aromatic nitrogens is 1. The molecule has 0 atom stereocenters. The Morgan fingerprint density at radius 1 is 1.21 bits per heavy atom. The number of benzene rings is 1. The van der Waals surface area contributed by atoms with Crippen molar-refractivity contribution in [2.45, 2.75) is 33.1 Å². The maximum Gasteiger partial charge on any atom is 0.416 e. The van der Waals surface area contributed by atoms with Crippen LogP contribution in [-0.2, 0) is 10.9 Å². The summed E-state index contributed by atoms with van der Waals surface area (Å²) < 4.78 is 44.1. The molecule has 128 valence electrons. The fourth-order valence-electron chi connectivity index (χ4n) is 2.15. The van der Waals surface area contributed by atoms with Crippen LogP contribution in [0.15, 0.2) is 36.5 Å². The second-order valence-electron chi connectivity index (χ2n) is 5.45. The Hall–Kier alpha value is -2.57. The zero-order chi connectivity index (χ0) is 17.9. The van der Waals surface area contributed by atoms with Crippen molar-refractivity contribution < 1.29 is 22.7 Å². The Morgan fingerprint density at radius 3 is 2.54 bits per heavy atom. The summed E-state index contributed by atoms with van der Waals surface area (Å²) in [6.07, 6.45) is -3.33. The van der Waals surface area contributed by atoms with Gasteiger partial charge in [0.15, 0.2) is 0 Å². The van der Waals surface area contributed by atoms with Gasteiger partial charge >= 0.3 is 12.1 Å². The van der Waals surface area contributed by atoms with Crippen molar-refractivity contribution in [1.29, 1.82) is 0 Å². The third-order valence-corrected chi connectivity index (χ3v) is 3.26. The van der Waals surface area contributed by atoms with E-state index in [2.05, 4.69) is 10.3 Å². The van der Waals surface area contributed by atoms with Gasteiger partial charge in [-0.15, -0.1) is 0 Å². The predicted molar refractivity (Wildman–Crippen MR) is 84.3 cm³/mol. The van der Waals surface area contributed by atoms with Gasteiger partial charge in [-0.25, -0.2) is 9.78 Å². The van der Waals surface area contributed by atoms with Crippen LogP contribution in [0.25, 0.3) is 0 Å². The number of rotatable bonds is 4. The van der Waals surface area contributed by atoms with Gasteiger partial charge in [-0.05, 0) is 50.6 Å². The van der Waals surface area contributed by atoms with Crippen molar-refractivity contribution in [3.8, 4) is 0 Å². The first-order valence-electron chi connectivity index (χ1n) is 7.30. The molecule has 0 spiro atoms. The van der Waals surface area contributed by atoms with Crippen molar-refractivity contribution in [3.63, 3.8) is 0 Å². The van der Waals surface area contributed by atoms with Crippen LogP contribution in [0.5, 0.6) is 0 Å². The molecule has 0 aliphatic carbocycles. The van der Waals surface area contributed by atoms with Crippen LogP contribution in [0.2, 0.25) is 0 Å². The topological polar surface area (TPSA) is 51.2 Å². The Bertz CT molecular complexity index is 743. The Labute approximate surface area is 137 Å². The third-order valence-electron chi connectivity index (χ3n) is 3.26. The molecular formula is C17H17F3N2O2. The number of carbonyl (C=O) groups excluding carboxylic acids is 1. The zero-order valence-electron chi connectivity index (χ0n) is 13.4. The second kappa shape index (κ2) is 6.90. The SMILES string of the molecule is Cc1c(Nc2ncccc2C(=O)OC(C)C)cccc1C(F)(F)F. The van der Waals surface area contributed by atoms with Crippen LogP contribution in [0, 0.1) is 6.92 Å². The molecule has 0 saturated carbocycles. The molecule has 1 N–H and O–H groups in total. The van der Waals surface area contributed by atoms with Crippen molar-refractivity contribution in [3.05, 3.63) is 53.2 Å². The molecular weight excluding hydrogens is 321 g/mol. The van der Waals surface area contributed by atoms with Gasteiger partial charge < -0.3 is 10.1 Å². The number of nitrogens with one attached hydrogen (secondary N) is 1. The molecule has 1 aromatic carbocycles. The summed E-state index contributed by atoms with van der Waals surface area (Å²) >= 11 is 0. The summed E-state index contributed by atoms with van der Waals surface area (Å²) in [4.78, 5) is 16.1. The Balaban J connectivity index is 2.38. The minimum atomic E-state index is -4.45. The summed E-state index contributed by atoms with van der Waals surface area (Å²) in [6.45, 7) is 4.77. The van der Waals surface area contributed by atoms with E-state index in [0.29, 0.717) is 0 Å². The molecule has 0 radical (unpaired) electrons. The fourth-order valence-corrected chi connectivity index (χ4v) is 2.15. The first-order valence-corrected chi connectivity index (χ1v) is 7.30. The van der Waals surface area contributed by atoms with E-state index in [1.807, 2.05) is 0 Å². The van der Waals surface area contributed by atoms with Gasteiger partial charge in [-0.3, -0.25) is 0 Å². The maximum absolute atomic E-state index is 13.0. The smallest absolute Gasteiger partial charge is 0.416 e. The third kappa shape index (κ3) is 4.04. The summed E-state index contributed by atoms with van der Waals surface area (Å²) in [6, 6.07) is 6.86. The molecule has 0 bridgehead atoms. The summed E-state index contributed by atoms with van der Waals surface area (Å²) in [7, 11) is 0. The van der Waals surface area contributed by atoms with Crippen molar-refractivity contribution in [2.75, 3.05) is 5.32 Å². The van der Waals surface area contributed by atoms with Crippen molar-refractivity contribution >= 4 is 17.5 Å². The van der Waals surface area contributed by atoms with E-state index in [1.54, 1.807) is 19.9 Å². The highest BCUT2D eigenvalue weighted by Crippen LogP contribution is 2.35. The van der Waals surface area contributed by atoms with E-state index in [0.717, 1.165) is 6.07 Å². The standard InChI is InChI=1S/C17H17F3N2O2/c1-10(2)24-16(23)12-6-5-9-21-15(12)22-14-8-4-7-13(11(14)3)17(18,19)20/h4-10H,1-3H3,(H,21,22). The van der Waals surface area contributed by atoms with Crippen molar-refractivity contribution in [1.82, 2.24) is 4.98 Å². The first kappa shape index (κ1) is 17.8. The highest BCUT2D eigenvalue weighted by molar-refractivity contribution is 5.95. The van der Waals surface area contributed by atoms with Crippen LogP contribution in [0.1, 0.15) is 35.3 Å². The number of halogens is 3. The number of nitrogens with zero attached hydrogens (tertiary/aromatic N) is 1. The van der Waals surface area contributed by atoms with Crippen LogP contribution >= 0.6 is 0 Å². The van der Waals surface area contributed by atoms with Gasteiger partial charge in [-0.2, -0.15) is 13.2 Å². The molecule has 0 amide bonds. The highest BCUT2D eigenvalue weighted by atomic mass is 19.4. The van der Waals surface area contributed by atoms with Crippen LogP contribution in [-0.4, -0.2) is 17.1 Å². The molecule has 0 saturated heterocycles. The number of hydrogen-bond donors (Lipinski definition) is 1. The lowest BCUT2D eigenvalue weighted by Crippen LogP contribution is -2.14. The van der Waals surface area contributed by atoms with Gasteiger partial charge in [0.05, 0.1) is 11.7 Å². The minimum Gasteiger partial charge on any atom is -0.459 e. The van der Waals surface area contributed by atoms with Crippen molar-refractivity contribution in [2.24, 2.45) is 0 Å². The monoisotopic (exact) mass is 338 g/mol. The molecule has 7 heteroatoms. The quantitative estimate of drug-likeness (QED) is 0.820. The minimum absolute atomic E-state index is 0.0267. The number of ether oxygens (including phenoxy) is 1. The lowest BCUT2D eigenvalue weighted by atomic mass is 10.1. The molecule has 24 heavy (non-hydrogen) atoms. The van der Waals surface area contributed by atoms with Gasteiger partial charge in [0.25, 0.3) is 0 Å². The largest absolute Gasteiger partial charge is 0.459 e. The fraction of sp³-hybridized carbons (Fsp3) is 0.294. The molecule has 0 unspecified atom stereocenters. The molecule has 4 nitrogen and oxygen atoms in total. The summed E-state index contributed by atoms with van der Waals surface area (Å²) in [5, 5.41) is 2.80. The lowest BCUT2D eigenvalue weighted by molar-refractivity contribution is -0.138. The van der Waals surface area contributed by atoms with Crippen LogP contribution < -0.4 is 5.32 Å². The van der Waals surface area contributed by atoms with E-state index in [1.165, 1.54) is 31.3 Å². The average Bonchev–Trinajstić information content (AvgIpc) is 2.48. The lowest BCUT2D eigenvalue weighted by Gasteiger charge is -2.16. The van der Waals surface area contributed by atoms with E-state index >= 15 is 0 Å². The Morgan fingerprint density at radius 2 is 1.92 bits per heavy atom. The van der Waals surface area contributed by atoms with Gasteiger partial charge in [-0.1, -0.05) is 6.07 Å². The number of pyridine rings is 1. The highest BCUT2D eigenvalue weighted by Gasteiger charge is 2.33. The summed E-state index contributed by atoms with van der Waals surface area (Å²) in [5.41, 5.74) is -0.335. The molecule has 0 fully saturated rings. The van der Waals surface area contributed by atoms with Crippen LogP contribution in [0.3, 0.4) is 0 Å². The number of esters is 1. The molecule has 2 aromatic rings. The Kier molecular flexibility index (Phi) is 5.11. The van der Waals surface area contributed by atoms with Crippen LogP contribution in [0.4, 0.5) is 24.7 Å². The molecule has 1 aromatic heterocycles. The number of carbonyl (C=O) groups is 1. The molecule has 0 aliphatic heterocycles. The average molecular weight is 338 g/mol.